The first-order valence-electron chi connectivity index (χ1n) is 16.0. The molecule has 6 rings (SSSR count). The van der Waals surface area contributed by atoms with E-state index < -0.39 is 11.6 Å². The molecule has 3 aromatic carbocycles. The van der Waals surface area contributed by atoms with Crippen LogP contribution in [0, 0.1) is 18.6 Å². The summed E-state index contributed by atoms with van der Waals surface area (Å²) in [5.41, 5.74) is 4.48. The smallest absolute Gasteiger partial charge is 0.257 e. The van der Waals surface area contributed by atoms with Gasteiger partial charge in [-0.25, -0.2) is 13.5 Å². The molecule has 0 aliphatic carbocycles. The minimum atomic E-state index is -0.560. The van der Waals surface area contributed by atoms with Crippen LogP contribution in [0.5, 0.6) is 11.5 Å². The lowest BCUT2D eigenvalue weighted by Crippen LogP contribution is -2.46. The summed E-state index contributed by atoms with van der Waals surface area (Å²) in [4.78, 5) is 18.3. The van der Waals surface area contributed by atoms with Crippen molar-refractivity contribution in [2.24, 2.45) is 0 Å². The summed E-state index contributed by atoms with van der Waals surface area (Å²) >= 11 is 0. The fraction of sp³-hybridized carbons (Fsp3) is 0.278. The van der Waals surface area contributed by atoms with Gasteiger partial charge in [-0.2, -0.15) is 20.1 Å². The van der Waals surface area contributed by atoms with E-state index in [0.717, 1.165) is 59.6 Å². The van der Waals surface area contributed by atoms with E-state index in [2.05, 4.69) is 31.7 Å². The number of piperazine rings is 1. The van der Waals surface area contributed by atoms with Gasteiger partial charge in [-0.1, -0.05) is 36.4 Å². The Bertz CT molecular complexity index is 1780. The number of hydrogen-bond donors (Lipinski definition) is 2. The van der Waals surface area contributed by atoms with Crippen molar-refractivity contribution in [2.75, 3.05) is 62.5 Å². The largest absolute Gasteiger partial charge is 0.497 e. The highest BCUT2D eigenvalue weighted by molar-refractivity contribution is 5.52. The summed E-state index contributed by atoms with van der Waals surface area (Å²) in [7, 11) is 3.28. The van der Waals surface area contributed by atoms with Crippen LogP contribution in [0.4, 0.5) is 26.4 Å². The molecule has 3 heterocycles. The number of halogens is 2. The Morgan fingerprint density at radius 2 is 1.31 bits per heavy atom. The van der Waals surface area contributed by atoms with E-state index >= 15 is 0 Å². The molecule has 254 valence electrons. The van der Waals surface area contributed by atoms with Gasteiger partial charge >= 0.3 is 0 Å². The highest BCUT2D eigenvalue weighted by Crippen LogP contribution is 2.21. The van der Waals surface area contributed by atoms with Crippen LogP contribution in [0.15, 0.2) is 79.0 Å². The van der Waals surface area contributed by atoms with Crippen LogP contribution < -0.4 is 25.0 Å². The van der Waals surface area contributed by atoms with Gasteiger partial charge < -0.3 is 25.0 Å². The Morgan fingerprint density at radius 1 is 0.755 bits per heavy atom. The van der Waals surface area contributed by atoms with Crippen LogP contribution in [-0.2, 0) is 13.1 Å². The Labute approximate surface area is 284 Å². The predicted octanol–water partition coefficient (Wildman–Crippen LogP) is 5.72. The van der Waals surface area contributed by atoms with Crippen molar-refractivity contribution in [1.29, 1.82) is 0 Å². The summed E-state index contributed by atoms with van der Waals surface area (Å²) in [6.07, 6.45) is 5.93. The van der Waals surface area contributed by atoms with Crippen molar-refractivity contribution in [1.82, 2.24) is 29.6 Å². The van der Waals surface area contributed by atoms with Gasteiger partial charge in [0.2, 0.25) is 11.9 Å². The van der Waals surface area contributed by atoms with E-state index in [9.17, 15) is 8.78 Å². The van der Waals surface area contributed by atoms with Crippen molar-refractivity contribution in [3.05, 3.63) is 113 Å². The standard InChI is InChI=1S/C36H39F2N9O2/c1-25-28(5-4-14-45-15-17-46(18-16-45)31-20-29(37)19-30(38)21-31)24-41-47(25)36-43-34(39-22-26-6-10-32(48-2)11-7-26)42-35(44-36)40-23-27-8-12-33(49-3)13-9-27/h4-13,19-21,24H,14-18,22-23H2,1-3H3,(H2,39,40,42,43,44)/b5-4+. The predicted molar refractivity (Wildman–Crippen MR) is 186 cm³/mol. The van der Waals surface area contributed by atoms with Gasteiger partial charge in [0.05, 0.1) is 26.1 Å². The first-order valence-corrected chi connectivity index (χ1v) is 16.0. The zero-order chi connectivity index (χ0) is 34.2. The number of benzene rings is 3. The summed E-state index contributed by atoms with van der Waals surface area (Å²) in [6, 6.07) is 19.2. The summed E-state index contributed by atoms with van der Waals surface area (Å²) in [5.74, 6) is 1.65. The van der Waals surface area contributed by atoms with Crippen molar-refractivity contribution in [2.45, 2.75) is 20.0 Å². The number of methoxy groups -OCH3 is 2. The lowest BCUT2D eigenvalue weighted by molar-refractivity contribution is 0.284. The molecule has 0 radical (unpaired) electrons. The molecule has 5 aromatic rings. The third-order valence-corrected chi connectivity index (χ3v) is 8.33. The molecule has 0 spiro atoms. The number of anilines is 3. The number of nitrogens with one attached hydrogen (secondary N) is 2. The molecule has 11 nitrogen and oxygen atoms in total. The maximum absolute atomic E-state index is 13.7. The van der Waals surface area contributed by atoms with Crippen LogP contribution in [0.2, 0.25) is 0 Å². The van der Waals surface area contributed by atoms with Crippen molar-refractivity contribution < 1.29 is 18.3 Å². The van der Waals surface area contributed by atoms with E-state index in [-0.39, 0.29) is 0 Å². The number of ether oxygens (including phenoxy) is 2. The molecule has 1 aliphatic heterocycles. The van der Waals surface area contributed by atoms with E-state index in [1.54, 1.807) is 25.1 Å². The van der Waals surface area contributed by atoms with Gasteiger partial charge in [0, 0.05) is 63.1 Å². The average Bonchev–Trinajstić information content (AvgIpc) is 3.49. The summed E-state index contributed by atoms with van der Waals surface area (Å²) < 4.78 is 39.6. The highest BCUT2D eigenvalue weighted by atomic mass is 19.1. The summed E-state index contributed by atoms with van der Waals surface area (Å²) in [6.45, 7) is 6.67. The molecule has 1 aliphatic rings. The fourth-order valence-corrected chi connectivity index (χ4v) is 5.49. The average molecular weight is 668 g/mol. The molecule has 13 heteroatoms. The second-order valence-electron chi connectivity index (χ2n) is 11.6. The molecule has 0 saturated carbocycles. The Balaban J connectivity index is 1.13. The van der Waals surface area contributed by atoms with Crippen molar-refractivity contribution in [3.8, 4) is 17.4 Å². The second-order valence-corrected chi connectivity index (χ2v) is 11.6. The molecule has 0 atom stereocenters. The SMILES string of the molecule is COc1ccc(CNc2nc(NCc3ccc(OC)cc3)nc(-n3ncc(/C=C/CN4CCN(c5cc(F)cc(F)c5)CC4)c3C)n2)cc1. The lowest BCUT2D eigenvalue weighted by atomic mass is 10.2. The maximum atomic E-state index is 13.7. The zero-order valence-corrected chi connectivity index (χ0v) is 27.7. The van der Waals surface area contributed by atoms with Crippen LogP contribution in [0.3, 0.4) is 0 Å². The van der Waals surface area contributed by atoms with E-state index in [1.165, 1.54) is 12.1 Å². The zero-order valence-electron chi connectivity index (χ0n) is 27.7. The summed E-state index contributed by atoms with van der Waals surface area (Å²) in [5, 5.41) is 11.2. The molecule has 2 N–H and O–H groups in total. The third-order valence-electron chi connectivity index (χ3n) is 8.33. The van der Waals surface area contributed by atoms with Crippen LogP contribution in [0.25, 0.3) is 12.0 Å². The number of nitrogens with zero attached hydrogens (tertiary/aromatic N) is 7. The molecule has 49 heavy (non-hydrogen) atoms. The molecular weight excluding hydrogens is 628 g/mol. The van der Waals surface area contributed by atoms with Crippen LogP contribution in [0.1, 0.15) is 22.4 Å². The first kappa shape index (κ1) is 33.3. The molecule has 0 unspecified atom stereocenters. The monoisotopic (exact) mass is 667 g/mol. The topological polar surface area (TPSA) is 105 Å². The van der Waals surface area contributed by atoms with Gasteiger partial charge in [-0.3, -0.25) is 4.90 Å². The van der Waals surface area contributed by atoms with Gasteiger partial charge in [0.25, 0.3) is 5.95 Å². The molecule has 0 amide bonds. The number of rotatable bonds is 13. The van der Waals surface area contributed by atoms with E-state index in [4.69, 9.17) is 19.4 Å². The Morgan fingerprint density at radius 3 is 1.84 bits per heavy atom. The van der Waals surface area contributed by atoms with Gasteiger partial charge in [-0.05, 0) is 54.4 Å². The van der Waals surface area contributed by atoms with Gasteiger partial charge in [0.1, 0.15) is 23.1 Å². The van der Waals surface area contributed by atoms with Crippen molar-refractivity contribution >= 4 is 23.7 Å². The quantitative estimate of drug-likeness (QED) is 0.162. The third kappa shape index (κ3) is 8.68. The van der Waals surface area contributed by atoms with E-state index in [0.29, 0.717) is 49.7 Å². The number of aromatic nitrogens is 5. The highest BCUT2D eigenvalue weighted by Gasteiger charge is 2.18. The Kier molecular flexibility index (Phi) is 10.6. The minimum Gasteiger partial charge on any atom is -0.497 e. The second kappa shape index (κ2) is 15.6. The van der Waals surface area contributed by atoms with Gasteiger partial charge in [0.15, 0.2) is 0 Å². The molecule has 0 bridgehead atoms. The lowest BCUT2D eigenvalue weighted by Gasteiger charge is -2.35. The Hall–Kier alpha value is -5.56. The first-order chi connectivity index (χ1) is 23.9. The molecule has 1 fully saturated rings. The van der Waals surface area contributed by atoms with Crippen molar-refractivity contribution in [3.63, 3.8) is 0 Å². The van der Waals surface area contributed by atoms with Gasteiger partial charge in [-0.15, -0.1) is 0 Å². The molecule has 1 saturated heterocycles. The molecule has 2 aromatic heterocycles. The minimum absolute atomic E-state index is 0.381. The molecular formula is C36H39F2N9O2. The fourth-order valence-electron chi connectivity index (χ4n) is 5.49. The maximum Gasteiger partial charge on any atom is 0.257 e. The van der Waals surface area contributed by atoms with Crippen LogP contribution in [-0.4, -0.2) is 76.6 Å². The van der Waals surface area contributed by atoms with E-state index in [1.807, 2.05) is 66.4 Å². The van der Waals surface area contributed by atoms with Crippen LogP contribution >= 0.6 is 0 Å². The number of hydrogen-bond acceptors (Lipinski definition) is 10. The normalized spacial score (nSPS) is 13.5.